The first-order chi connectivity index (χ1) is 9.92. The molecule has 2 N–H and O–H groups in total. The third-order valence-electron chi connectivity index (χ3n) is 2.92. The van der Waals surface area contributed by atoms with E-state index in [2.05, 4.69) is 15.0 Å². The third-order valence-corrected chi connectivity index (χ3v) is 5.64. The molecule has 21 heavy (non-hydrogen) atoms. The summed E-state index contributed by atoms with van der Waals surface area (Å²) in [6.07, 6.45) is 1.49. The number of aromatic nitrogens is 1. The molecule has 2 rings (SSSR count). The van der Waals surface area contributed by atoms with Gasteiger partial charge in [0.15, 0.2) is 0 Å². The summed E-state index contributed by atoms with van der Waals surface area (Å²) < 4.78 is 27.5. The van der Waals surface area contributed by atoms with Gasteiger partial charge in [-0.05, 0) is 39.0 Å². The van der Waals surface area contributed by atoms with E-state index in [0.717, 1.165) is 9.75 Å². The van der Waals surface area contributed by atoms with E-state index >= 15 is 0 Å². The molecule has 0 aliphatic carbocycles. The fourth-order valence-corrected chi connectivity index (χ4v) is 4.09. The number of rotatable bonds is 6. The van der Waals surface area contributed by atoms with E-state index in [1.165, 1.54) is 18.3 Å². The Bertz CT molecular complexity index is 711. The Labute approximate surface area is 129 Å². The normalized spacial score (nSPS) is 13.1. The molecule has 114 valence electrons. The molecule has 0 fully saturated rings. The van der Waals surface area contributed by atoms with Crippen molar-refractivity contribution in [2.45, 2.75) is 31.7 Å². The van der Waals surface area contributed by atoms with E-state index < -0.39 is 10.0 Å². The van der Waals surface area contributed by atoms with Crippen molar-refractivity contribution >= 4 is 27.2 Å². The summed E-state index contributed by atoms with van der Waals surface area (Å²) in [6.45, 7) is 6.47. The predicted octanol–water partition coefficient (Wildman–Crippen LogP) is 2.92. The highest BCUT2D eigenvalue weighted by Crippen LogP contribution is 2.24. The quantitative estimate of drug-likeness (QED) is 0.856. The van der Waals surface area contributed by atoms with Gasteiger partial charge >= 0.3 is 0 Å². The van der Waals surface area contributed by atoms with Gasteiger partial charge in [0, 0.05) is 28.6 Å². The van der Waals surface area contributed by atoms with Gasteiger partial charge in [0.2, 0.25) is 10.0 Å². The zero-order valence-corrected chi connectivity index (χ0v) is 13.9. The number of nitrogens with zero attached hydrogens (tertiary/aromatic N) is 1. The van der Waals surface area contributed by atoms with Gasteiger partial charge in [-0.15, -0.1) is 11.3 Å². The number of thiophene rings is 1. The summed E-state index contributed by atoms with van der Waals surface area (Å²) in [4.78, 5) is 6.46. The summed E-state index contributed by atoms with van der Waals surface area (Å²) in [5, 5.41) is 3.01. The molecule has 2 aromatic rings. The molecule has 1 unspecified atom stereocenters. The standard InChI is InChI=1S/C14H19N3O2S2/c1-4-15-14-9-12(7-8-16-14)21(18,19)17-11(3)13-6-5-10(2)20-13/h5-9,11,17H,4H2,1-3H3,(H,15,16). The van der Waals surface area contributed by atoms with E-state index in [9.17, 15) is 8.42 Å². The molecule has 0 radical (unpaired) electrons. The molecule has 0 aromatic carbocycles. The maximum absolute atomic E-state index is 12.4. The topological polar surface area (TPSA) is 71.1 Å². The minimum atomic E-state index is -3.56. The van der Waals surface area contributed by atoms with Crippen LogP contribution in [-0.2, 0) is 10.0 Å². The lowest BCUT2D eigenvalue weighted by Gasteiger charge is -2.13. The Morgan fingerprint density at radius 1 is 1.33 bits per heavy atom. The largest absolute Gasteiger partial charge is 0.370 e. The van der Waals surface area contributed by atoms with E-state index in [0.29, 0.717) is 12.4 Å². The Morgan fingerprint density at radius 3 is 2.71 bits per heavy atom. The first kappa shape index (κ1) is 15.9. The number of pyridine rings is 1. The molecule has 0 aliphatic heterocycles. The lowest BCUT2D eigenvalue weighted by molar-refractivity contribution is 0.568. The second kappa shape index (κ2) is 6.55. The molecule has 0 amide bonds. The summed E-state index contributed by atoms with van der Waals surface area (Å²) >= 11 is 1.59. The van der Waals surface area contributed by atoms with E-state index in [-0.39, 0.29) is 10.9 Å². The average molecular weight is 325 g/mol. The van der Waals surface area contributed by atoms with E-state index in [4.69, 9.17) is 0 Å². The summed E-state index contributed by atoms with van der Waals surface area (Å²) in [5.41, 5.74) is 0. The second-order valence-electron chi connectivity index (χ2n) is 4.70. The van der Waals surface area contributed by atoms with Gasteiger partial charge in [-0.3, -0.25) is 0 Å². The van der Waals surface area contributed by atoms with Gasteiger partial charge in [0.25, 0.3) is 0 Å². The van der Waals surface area contributed by atoms with Crippen LogP contribution in [0.15, 0.2) is 35.4 Å². The molecule has 0 saturated heterocycles. The molecular weight excluding hydrogens is 306 g/mol. The highest BCUT2D eigenvalue weighted by molar-refractivity contribution is 7.89. The van der Waals surface area contributed by atoms with Crippen LogP contribution >= 0.6 is 11.3 Å². The first-order valence-corrected chi connectivity index (χ1v) is 9.01. The third kappa shape index (κ3) is 4.03. The summed E-state index contributed by atoms with van der Waals surface area (Å²) in [7, 11) is -3.56. The number of nitrogens with one attached hydrogen (secondary N) is 2. The first-order valence-electron chi connectivity index (χ1n) is 6.71. The predicted molar refractivity (Wildman–Crippen MR) is 86.2 cm³/mol. The maximum atomic E-state index is 12.4. The Balaban J connectivity index is 2.19. The fraction of sp³-hybridized carbons (Fsp3) is 0.357. The number of anilines is 1. The molecule has 0 bridgehead atoms. The number of sulfonamides is 1. The number of aryl methyl sites for hydroxylation is 1. The van der Waals surface area contributed by atoms with Crippen molar-refractivity contribution in [2.75, 3.05) is 11.9 Å². The molecule has 7 heteroatoms. The van der Waals surface area contributed by atoms with Crippen molar-refractivity contribution in [1.29, 1.82) is 0 Å². The zero-order chi connectivity index (χ0) is 15.5. The number of hydrogen-bond donors (Lipinski definition) is 2. The van der Waals surface area contributed by atoms with Gasteiger partial charge in [-0.25, -0.2) is 18.1 Å². The van der Waals surface area contributed by atoms with Gasteiger partial charge in [0.05, 0.1) is 10.9 Å². The molecule has 2 heterocycles. The smallest absolute Gasteiger partial charge is 0.241 e. The minimum absolute atomic E-state index is 0.216. The van der Waals surface area contributed by atoms with Crippen LogP contribution in [-0.4, -0.2) is 19.9 Å². The zero-order valence-electron chi connectivity index (χ0n) is 12.3. The van der Waals surface area contributed by atoms with E-state index in [1.54, 1.807) is 11.3 Å². The SMILES string of the molecule is CCNc1cc(S(=O)(=O)NC(C)c2ccc(C)s2)ccn1. The van der Waals surface area contributed by atoms with Crippen molar-refractivity contribution in [3.63, 3.8) is 0 Å². The Hall–Kier alpha value is -1.44. The van der Waals surface area contributed by atoms with Crippen LogP contribution in [0.5, 0.6) is 0 Å². The summed E-state index contributed by atoms with van der Waals surface area (Å²) in [6, 6.07) is 6.71. The van der Waals surface area contributed by atoms with Crippen LogP contribution in [0, 0.1) is 6.92 Å². The van der Waals surface area contributed by atoms with Gasteiger partial charge < -0.3 is 5.32 Å². The van der Waals surface area contributed by atoms with Crippen LogP contribution in [0.2, 0.25) is 0 Å². The molecule has 5 nitrogen and oxygen atoms in total. The molecule has 0 spiro atoms. The van der Waals surface area contributed by atoms with Gasteiger partial charge in [0.1, 0.15) is 5.82 Å². The molecule has 1 atom stereocenters. The lowest BCUT2D eigenvalue weighted by Crippen LogP contribution is -2.26. The molecular formula is C14H19N3O2S2. The highest BCUT2D eigenvalue weighted by atomic mass is 32.2. The molecule has 0 saturated carbocycles. The van der Waals surface area contributed by atoms with Crippen LogP contribution in [0.25, 0.3) is 0 Å². The van der Waals surface area contributed by atoms with Gasteiger partial charge in [-0.2, -0.15) is 0 Å². The van der Waals surface area contributed by atoms with Crippen LogP contribution in [0.1, 0.15) is 29.6 Å². The fourth-order valence-electron chi connectivity index (χ4n) is 1.90. The minimum Gasteiger partial charge on any atom is -0.370 e. The Morgan fingerprint density at radius 2 is 2.10 bits per heavy atom. The van der Waals surface area contributed by atoms with Crippen molar-refractivity contribution < 1.29 is 8.42 Å². The van der Waals surface area contributed by atoms with E-state index in [1.807, 2.05) is 32.9 Å². The van der Waals surface area contributed by atoms with Crippen molar-refractivity contribution in [3.05, 3.63) is 40.2 Å². The summed E-state index contributed by atoms with van der Waals surface area (Å²) in [5.74, 6) is 0.556. The highest BCUT2D eigenvalue weighted by Gasteiger charge is 2.19. The van der Waals surface area contributed by atoms with Crippen molar-refractivity contribution in [3.8, 4) is 0 Å². The number of hydrogen-bond acceptors (Lipinski definition) is 5. The van der Waals surface area contributed by atoms with Crippen molar-refractivity contribution in [1.82, 2.24) is 9.71 Å². The van der Waals surface area contributed by atoms with Gasteiger partial charge in [-0.1, -0.05) is 0 Å². The molecule has 2 aromatic heterocycles. The van der Waals surface area contributed by atoms with Crippen LogP contribution < -0.4 is 10.0 Å². The average Bonchev–Trinajstić information content (AvgIpc) is 2.86. The second-order valence-corrected chi connectivity index (χ2v) is 7.73. The monoisotopic (exact) mass is 325 g/mol. The van der Waals surface area contributed by atoms with Crippen LogP contribution in [0.4, 0.5) is 5.82 Å². The Kier molecular flexibility index (Phi) is 4.97. The van der Waals surface area contributed by atoms with Crippen LogP contribution in [0.3, 0.4) is 0 Å². The lowest BCUT2D eigenvalue weighted by atomic mass is 10.3. The maximum Gasteiger partial charge on any atom is 0.241 e. The van der Waals surface area contributed by atoms with Crippen molar-refractivity contribution in [2.24, 2.45) is 0 Å². The molecule has 0 aliphatic rings.